The molecule has 0 aliphatic heterocycles. The smallest absolute Gasteiger partial charge is 0.137 e. The van der Waals surface area contributed by atoms with Crippen molar-refractivity contribution < 1.29 is 13.2 Å². The van der Waals surface area contributed by atoms with Crippen LogP contribution in [0.3, 0.4) is 0 Å². The van der Waals surface area contributed by atoms with Gasteiger partial charge in [0.25, 0.3) is 0 Å². The van der Waals surface area contributed by atoms with Crippen molar-refractivity contribution >= 4 is 11.8 Å². The highest BCUT2D eigenvalue weighted by Gasteiger charge is 2.15. The highest BCUT2D eigenvalue weighted by atomic mass is 32.2. The number of hydrogen-bond donors (Lipinski definition) is 1. The van der Waals surface area contributed by atoms with Crippen molar-refractivity contribution in [2.45, 2.75) is 22.8 Å². The molecule has 2 N–H and O–H groups in total. The highest BCUT2D eigenvalue weighted by molar-refractivity contribution is 7.99. The molecule has 19 heavy (non-hydrogen) atoms. The van der Waals surface area contributed by atoms with Crippen LogP contribution in [0.2, 0.25) is 0 Å². The minimum absolute atomic E-state index is 0.104. The van der Waals surface area contributed by atoms with E-state index in [1.165, 1.54) is 12.1 Å². The number of halogens is 3. The van der Waals surface area contributed by atoms with Crippen LogP contribution in [0, 0.1) is 17.5 Å². The number of nitrogens with two attached hydrogens (primary N) is 1. The number of rotatable bonds is 3. The molecule has 5 heteroatoms. The van der Waals surface area contributed by atoms with Gasteiger partial charge in [-0.25, -0.2) is 13.2 Å². The SMILES string of the molecule is C[C@H](N)c1c(F)cccc1Sc1cc(F)ccc1F. The number of hydrogen-bond acceptors (Lipinski definition) is 2. The van der Waals surface area contributed by atoms with Gasteiger partial charge in [0.2, 0.25) is 0 Å². The second-order valence-electron chi connectivity index (χ2n) is 4.12. The van der Waals surface area contributed by atoms with Gasteiger partial charge in [-0.3, -0.25) is 0 Å². The molecule has 1 nitrogen and oxygen atoms in total. The first-order valence-electron chi connectivity index (χ1n) is 5.66. The summed E-state index contributed by atoms with van der Waals surface area (Å²) in [5.41, 5.74) is 6.02. The summed E-state index contributed by atoms with van der Waals surface area (Å²) in [6.07, 6.45) is 0. The maximum Gasteiger partial charge on any atom is 0.137 e. The Morgan fingerprint density at radius 1 is 1.00 bits per heavy atom. The van der Waals surface area contributed by atoms with Gasteiger partial charge in [-0.05, 0) is 37.3 Å². The Morgan fingerprint density at radius 2 is 1.74 bits per heavy atom. The molecule has 2 aromatic carbocycles. The molecule has 2 aromatic rings. The molecule has 1 atom stereocenters. The third kappa shape index (κ3) is 3.11. The first-order valence-corrected chi connectivity index (χ1v) is 6.47. The van der Waals surface area contributed by atoms with Gasteiger partial charge in [0.15, 0.2) is 0 Å². The molecular formula is C14H12F3NS. The van der Waals surface area contributed by atoms with E-state index in [9.17, 15) is 13.2 Å². The van der Waals surface area contributed by atoms with E-state index in [0.29, 0.717) is 10.5 Å². The van der Waals surface area contributed by atoms with Crippen molar-refractivity contribution in [1.29, 1.82) is 0 Å². The van der Waals surface area contributed by atoms with Crippen LogP contribution in [0.1, 0.15) is 18.5 Å². The average molecular weight is 283 g/mol. The quantitative estimate of drug-likeness (QED) is 0.910. The molecule has 0 saturated heterocycles. The summed E-state index contributed by atoms with van der Waals surface area (Å²) >= 11 is 0.962. The monoisotopic (exact) mass is 283 g/mol. The molecule has 0 heterocycles. The fourth-order valence-electron chi connectivity index (χ4n) is 1.72. The molecule has 0 aliphatic carbocycles. The molecule has 0 saturated carbocycles. The third-order valence-corrected chi connectivity index (χ3v) is 3.69. The van der Waals surface area contributed by atoms with E-state index in [0.717, 1.165) is 30.0 Å². The lowest BCUT2D eigenvalue weighted by Gasteiger charge is -2.13. The lowest BCUT2D eigenvalue weighted by Crippen LogP contribution is -2.09. The van der Waals surface area contributed by atoms with Crippen LogP contribution >= 0.6 is 11.8 Å². The molecule has 0 aliphatic rings. The van der Waals surface area contributed by atoms with Gasteiger partial charge < -0.3 is 5.73 Å². The van der Waals surface area contributed by atoms with E-state index in [2.05, 4.69) is 0 Å². The molecule has 0 fully saturated rings. The van der Waals surface area contributed by atoms with Crippen molar-refractivity contribution in [3.8, 4) is 0 Å². The fraction of sp³-hybridized carbons (Fsp3) is 0.143. The Balaban J connectivity index is 2.44. The fourth-order valence-corrected chi connectivity index (χ4v) is 2.84. The van der Waals surface area contributed by atoms with E-state index in [4.69, 9.17) is 5.73 Å². The first-order chi connectivity index (χ1) is 8.99. The van der Waals surface area contributed by atoms with Crippen molar-refractivity contribution in [3.05, 3.63) is 59.4 Å². The Morgan fingerprint density at radius 3 is 2.42 bits per heavy atom. The Kier molecular flexibility index (Phi) is 4.17. The third-order valence-electron chi connectivity index (χ3n) is 2.58. The molecule has 0 amide bonds. The minimum Gasteiger partial charge on any atom is -0.324 e. The van der Waals surface area contributed by atoms with E-state index in [1.807, 2.05) is 0 Å². The summed E-state index contributed by atoms with van der Waals surface area (Å²) in [5, 5.41) is 0. The summed E-state index contributed by atoms with van der Waals surface area (Å²) in [6, 6.07) is 7.08. The van der Waals surface area contributed by atoms with Crippen LogP contribution in [0.25, 0.3) is 0 Å². The molecule has 0 radical (unpaired) electrons. The number of benzene rings is 2. The van der Waals surface area contributed by atoms with Crippen molar-refractivity contribution in [2.24, 2.45) is 5.73 Å². The van der Waals surface area contributed by atoms with Crippen molar-refractivity contribution in [2.75, 3.05) is 0 Å². The van der Waals surface area contributed by atoms with Gasteiger partial charge in [-0.2, -0.15) is 0 Å². The maximum atomic E-state index is 13.7. The topological polar surface area (TPSA) is 26.0 Å². The van der Waals surface area contributed by atoms with E-state index in [1.54, 1.807) is 13.0 Å². The van der Waals surface area contributed by atoms with Crippen molar-refractivity contribution in [3.63, 3.8) is 0 Å². The molecule has 0 bridgehead atoms. The van der Waals surface area contributed by atoms with Crippen LogP contribution in [-0.4, -0.2) is 0 Å². The van der Waals surface area contributed by atoms with E-state index in [-0.39, 0.29) is 4.90 Å². The molecule has 0 spiro atoms. The van der Waals surface area contributed by atoms with Gasteiger partial charge >= 0.3 is 0 Å². The van der Waals surface area contributed by atoms with Gasteiger partial charge in [0, 0.05) is 16.5 Å². The second-order valence-corrected chi connectivity index (χ2v) is 5.20. The van der Waals surface area contributed by atoms with Gasteiger partial charge in [0.1, 0.15) is 17.5 Å². The van der Waals surface area contributed by atoms with Crippen molar-refractivity contribution in [1.82, 2.24) is 0 Å². The maximum absolute atomic E-state index is 13.7. The lowest BCUT2D eigenvalue weighted by atomic mass is 10.1. The summed E-state index contributed by atoms with van der Waals surface area (Å²) in [6.45, 7) is 1.64. The summed E-state index contributed by atoms with van der Waals surface area (Å²) in [5.74, 6) is -1.54. The van der Waals surface area contributed by atoms with Crippen LogP contribution in [-0.2, 0) is 0 Å². The lowest BCUT2D eigenvalue weighted by molar-refractivity contribution is 0.575. The summed E-state index contributed by atoms with van der Waals surface area (Å²) in [4.78, 5) is 0.590. The molecule has 0 unspecified atom stereocenters. The average Bonchev–Trinajstić information content (AvgIpc) is 2.33. The minimum atomic E-state index is -0.550. The zero-order valence-electron chi connectivity index (χ0n) is 10.2. The molecule has 2 rings (SSSR count). The normalized spacial score (nSPS) is 12.5. The molecule has 0 aromatic heterocycles. The predicted molar refractivity (Wildman–Crippen MR) is 69.5 cm³/mol. The predicted octanol–water partition coefficient (Wildman–Crippen LogP) is 4.27. The zero-order valence-corrected chi connectivity index (χ0v) is 11.0. The second kappa shape index (κ2) is 5.67. The van der Waals surface area contributed by atoms with E-state index >= 15 is 0 Å². The largest absolute Gasteiger partial charge is 0.324 e. The summed E-state index contributed by atoms with van der Waals surface area (Å²) in [7, 11) is 0. The standard InChI is InChI=1S/C14H12F3NS/c1-8(18)14-11(17)3-2-4-12(14)19-13-7-9(15)5-6-10(13)16/h2-8H,18H2,1H3/t8-/m0/s1. The van der Waals surface area contributed by atoms with Gasteiger partial charge in [0.05, 0.1) is 4.90 Å². The highest BCUT2D eigenvalue weighted by Crippen LogP contribution is 2.35. The Hall–Kier alpha value is -1.46. The zero-order chi connectivity index (χ0) is 14.0. The molecular weight excluding hydrogens is 271 g/mol. The van der Waals surface area contributed by atoms with E-state index < -0.39 is 23.5 Å². The Labute approximate surface area is 113 Å². The van der Waals surface area contributed by atoms with Crippen LogP contribution in [0.4, 0.5) is 13.2 Å². The van der Waals surface area contributed by atoms with Gasteiger partial charge in [-0.15, -0.1) is 0 Å². The molecule has 100 valence electrons. The summed E-state index contributed by atoms with van der Waals surface area (Å²) < 4.78 is 40.4. The Bertz CT molecular complexity index is 599. The van der Waals surface area contributed by atoms with Crippen LogP contribution in [0.5, 0.6) is 0 Å². The van der Waals surface area contributed by atoms with Crippen LogP contribution in [0.15, 0.2) is 46.2 Å². The first kappa shape index (κ1) is 14.0. The van der Waals surface area contributed by atoms with Crippen LogP contribution < -0.4 is 5.73 Å². The van der Waals surface area contributed by atoms with Gasteiger partial charge in [-0.1, -0.05) is 17.8 Å².